The lowest BCUT2D eigenvalue weighted by Gasteiger charge is -2.08. The van der Waals surface area contributed by atoms with Crippen molar-refractivity contribution in [2.75, 3.05) is 24.2 Å². The summed E-state index contributed by atoms with van der Waals surface area (Å²) < 4.78 is 17.5. The molecule has 1 rings (SSSR count). The molecule has 0 aliphatic rings. The molecule has 0 aliphatic heterocycles. The largest absolute Gasteiger partial charge is 0.466 e. The normalized spacial score (nSPS) is 9.88. The fraction of sp³-hybridized carbons (Fsp3) is 0.364. The van der Waals surface area contributed by atoms with Gasteiger partial charge in [-0.25, -0.2) is 4.39 Å². The third-order valence-electron chi connectivity index (χ3n) is 1.96. The highest BCUT2D eigenvalue weighted by Gasteiger charge is 2.03. The molecule has 0 aliphatic carbocycles. The van der Waals surface area contributed by atoms with E-state index in [-0.39, 0.29) is 18.2 Å². The smallest absolute Gasteiger partial charge is 0.307 e. The molecule has 0 saturated heterocycles. The zero-order chi connectivity index (χ0) is 12.0. The standard InChI is InChI=1S/C11H15FN2O2/c1-2-16-11(15)5-6-14-10-4-3-8(12)7-9(10)13/h3-4,7,14H,2,5-6,13H2,1H3. The van der Waals surface area contributed by atoms with Crippen LogP contribution in [-0.2, 0) is 9.53 Å². The monoisotopic (exact) mass is 226 g/mol. The molecule has 1 aromatic carbocycles. The summed E-state index contributed by atoms with van der Waals surface area (Å²) in [7, 11) is 0. The van der Waals surface area contributed by atoms with E-state index in [9.17, 15) is 9.18 Å². The van der Waals surface area contributed by atoms with Crippen LogP contribution in [0.15, 0.2) is 18.2 Å². The van der Waals surface area contributed by atoms with Crippen molar-refractivity contribution in [1.82, 2.24) is 0 Å². The van der Waals surface area contributed by atoms with Gasteiger partial charge in [0.1, 0.15) is 5.82 Å². The van der Waals surface area contributed by atoms with Crippen molar-refractivity contribution < 1.29 is 13.9 Å². The number of ether oxygens (including phenoxy) is 1. The highest BCUT2D eigenvalue weighted by molar-refractivity contribution is 5.71. The maximum Gasteiger partial charge on any atom is 0.307 e. The van der Waals surface area contributed by atoms with Gasteiger partial charge < -0.3 is 15.8 Å². The molecular formula is C11H15FN2O2. The van der Waals surface area contributed by atoms with Crippen molar-refractivity contribution in [1.29, 1.82) is 0 Å². The van der Waals surface area contributed by atoms with E-state index in [0.29, 0.717) is 24.5 Å². The number of hydrogen-bond donors (Lipinski definition) is 2. The van der Waals surface area contributed by atoms with E-state index in [1.807, 2.05) is 0 Å². The van der Waals surface area contributed by atoms with Gasteiger partial charge >= 0.3 is 5.97 Å². The summed E-state index contributed by atoms with van der Waals surface area (Å²) in [5.41, 5.74) is 6.52. The summed E-state index contributed by atoms with van der Waals surface area (Å²) in [5, 5.41) is 2.94. The average molecular weight is 226 g/mol. The third-order valence-corrected chi connectivity index (χ3v) is 1.96. The van der Waals surface area contributed by atoms with E-state index >= 15 is 0 Å². The van der Waals surface area contributed by atoms with Gasteiger partial charge in [0.25, 0.3) is 0 Å². The zero-order valence-electron chi connectivity index (χ0n) is 9.13. The van der Waals surface area contributed by atoms with Crippen LogP contribution in [0.3, 0.4) is 0 Å². The van der Waals surface area contributed by atoms with Crippen LogP contribution in [-0.4, -0.2) is 19.1 Å². The first-order valence-corrected chi connectivity index (χ1v) is 5.08. The number of hydrogen-bond acceptors (Lipinski definition) is 4. The molecule has 1 aromatic rings. The number of rotatable bonds is 5. The Bertz CT molecular complexity index is 369. The number of esters is 1. The highest BCUT2D eigenvalue weighted by Crippen LogP contribution is 2.18. The first-order valence-electron chi connectivity index (χ1n) is 5.08. The SMILES string of the molecule is CCOC(=O)CCNc1ccc(F)cc1N. The number of nitrogen functional groups attached to an aromatic ring is 1. The van der Waals surface area contributed by atoms with E-state index < -0.39 is 0 Å². The molecule has 5 heteroatoms. The quantitative estimate of drug-likeness (QED) is 0.593. The molecule has 0 fully saturated rings. The van der Waals surface area contributed by atoms with Crippen molar-refractivity contribution in [3.05, 3.63) is 24.0 Å². The predicted octanol–water partition coefficient (Wildman–Crippen LogP) is 1.77. The van der Waals surface area contributed by atoms with Crippen molar-refractivity contribution >= 4 is 17.3 Å². The molecule has 0 spiro atoms. The molecule has 0 bridgehead atoms. The summed E-state index contributed by atoms with van der Waals surface area (Å²) >= 11 is 0. The Hall–Kier alpha value is -1.78. The number of carbonyl (C=O) groups is 1. The number of nitrogens with one attached hydrogen (secondary N) is 1. The van der Waals surface area contributed by atoms with E-state index in [0.717, 1.165) is 0 Å². The fourth-order valence-electron chi connectivity index (χ4n) is 1.23. The molecule has 0 unspecified atom stereocenters. The summed E-state index contributed by atoms with van der Waals surface area (Å²) in [6, 6.07) is 4.07. The Morgan fingerprint density at radius 3 is 2.94 bits per heavy atom. The second kappa shape index (κ2) is 5.95. The van der Waals surface area contributed by atoms with Crippen molar-refractivity contribution in [3.8, 4) is 0 Å². The summed E-state index contributed by atoms with van der Waals surface area (Å²) in [6.45, 7) is 2.54. The molecule has 0 aromatic heterocycles. The van der Waals surface area contributed by atoms with E-state index in [1.54, 1.807) is 6.92 Å². The second-order valence-electron chi connectivity index (χ2n) is 3.21. The van der Waals surface area contributed by atoms with Gasteiger partial charge in [-0.3, -0.25) is 4.79 Å². The van der Waals surface area contributed by atoms with E-state index in [4.69, 9.17) is 10.5 Å². The van der Waals surface area contributed by atoms with Crippen molar-refractivity contribution in [2.45, 2.75) is 13.3 Å². The topological polar surface area (TPSA) is 64.3 Å². The summed E-state index contributed by atoms with van der Waals surface area (Å²) in [4.78, 5) is 11.0. The Labute approximate surface area is 93.6 Å². The van der Waals surface area contributed by atoms with Crippen molar-refractivity contribution in [2.24, 2.45) is 0 Å². The number of benzene rings is 1. The minimum absolute atomic E-state index is 0.255. The van der Waals surface area contributed by atoms with E-state index in [2.05, 4.69) is 5.32 Å². The summed E-state index contributed by atoms with van der Waals surface area (Å²) in [5.74, 6) is -0.649. The van der Waals surface area contributed by atoms with Crippen LogP contribution in [0.2, 0.25) is 0 Å². The maximum absolute atomic E-state index is 12.7. The first kappa shape index (κ1) is 12.3. The average Bonchev–Trinajstić information content (AvgIpc) is 2.22. The molecule has 3 N–H and O–H groups in total. The molecule has 0 radical (unpaired) electrons. The number of anilines is 2. The third kappa shape index (κ3) is 3.76. The molecule has 16 heavy (non-hydrogen) atoms. The summed E-state index contributed by atoms with van der Waals surface area (Å²) in [6.07, 6.45) is 0.255. The molecule has 0 atom stereocenters. The number of halogens is 1. The molecular weight excluding hydrogens is 211 g/mol. The fourth-order valence-corrected chi connectivity index (χ4v) is 1.23. The number of nitrogens with two attached hydrogens (primary N) is 1. The lowest BCUT2D eigenvalue weighted by atomic mass is 10.2. The van der Waals surface area contributed by atoms with Crippen LogP contribution in [0.25, 0.3) is 0 Å². The lowest BCUT2D eigenvalue weighted by Crippen LogP contribution is -2.12. The lowest BCUT2D eigenvalue weighted by molar-refractivity contribution is -0.142. The first-order chi connectivity index (χ1) is 7.63. The highest BCUT2D eigenvalue weighted by atomic mass is 19.1. The van der Waals surface area contributed by atoms with Gasteiger partial charge in [-0.05, 0) is 25.1 Å². The van der Waals surface area contributed by atoms with Crippen LogP contribution in [0, 0.1) is 5.82 Å². The maximum atomic E-state index is 12.7. The Balaban J connectivity index is 2.40. The van der Waals surface area contributed by atoms with Crippen LogP contribution in [0.1, 0.15) is 13.3 Å². The minimum Gasteiger partial charge on any atom is -0.466 e. The van der Waals surface area contributed by atoms with Crippen molar-refractivity contribution in [3.63, 3.8) is 0 Å². The Morgan fingerprint density at radius 2 is 2.31 bits per heavy atom. The Kier molecular flexibility index (Phi) is 4.57. The molecule has 0 saturated carbocycles. The van der Waals surface area contributed by atoms with E-state index in [1.165, 1.54) is 18.2 Å². The molecule has 4 nitrogen and oxygen atoms in total. The van der Waals surface area contributed by atoms with Gasteiger partial charge in [-0.1, -0.05) is 0 Å². The predicted molar refractivity (Wildman–Crippen MR) is 60.6 cm³/mol. The molecule has 0 heterocycles. The Morgan fingerprint density at radius 1 is 1.56 bits per heavy atom. The zero-order valence-corrected chi connectivity index (χ0v) is 9.13. The van der Waals surface area contributed by atoms with Gasteiger partial charge in [0.2, 0.25) is 0 Å². The minimum atomic E-state index is -0.381. The molecule has 88 valence electrons. The number of carbonyl (C=O) groups excluding carboxylic acids is 1. The van der Waals surface area contributed by atoms with Gasteiger partial charge in [0, 0.05) is 6.54 Å². The van der Waals surface area contributed by atoms with Gasteiger partial charge in [0.15, 0.2) is 0 Å². The molecule has 0 amide bonds. The van der Waals surface area contributed by atoms with Gasteiger partial charge in [0.05, 0.1) is 24.4 Å². The van der Waals surface area contributed by atoms with Crippen LogP contribution in [0.5, 0.6) is 0 Å². The van der Waals surface area contributed by atoms with Gasteiger partial charge in [-0.15, -0.1) is 0 Å². The second-order valence-corrected chi connectivity index (χ2v) is 3.21. The van der Waals surface area contributed by atoms with Gasteiger partial charge in [-0.2, -0.15) is 0 Å². The van der Waals surface area contributed by atoms with Crippen LogP contribution >= 0.6 is 0 Å². The van der Waals surface area contributed by atoms with Crippen LogP contribution < -0.4 is 11.1 Å². The van der Waals surface area contributed by atoms with Crippen LogP contribution in [0.4, 0.5) is 15.8 Å².